The van der Waals surface area contributed by atoms with Crippen molar-refractivity contribution < 1.29 is 14.0 Å². The summed E-state index contributed by atoms with van der Waals surface area (Å²) in [7, 11) is 0. The molecule has 1 aromatic heterocycles. The van der Waals surface area contributed by atoms with Gasteiger partial charge in [0.1, 0.15) is 5.82 Å². The van der Waals surface area contributed by atoms with E-state index in [9.17, 15) is 14.0 Å². The van der Waals surface area contributed by atoms with Gasteiger partial charge in [-0.3, -0.25) is 9.59 Å². The quantitative estimate of drug-likeness (QED) is 0.630. The van der Waals surface area contributed by atoms with Crippen molar-refractivity contribution in [1.82, 2.24) is 15.2 Å². The SMILES string of the molecule is Cc1ccccc1-c1csc(C(=O)N2CCCC[C@H]2CNC(=O)c2ccc(F)cc2)n1. The van der Waals surface area contributed by atoms with E-state index in [0.717, 1.165) is 36.1 Å². The fourth-order valence-electron chi connectivity index (χ4n) is 3.87. The molecular weight excluding hydrogens is 413 g/mol. The second-order valence-electron chi connectivity index (χ2n) is 7.72. The summed E-state index contributed by atoms with van der Waals surface area (Å²) < 4.78 is 13.1. The van der Waals surface area contributed by atoms with Gasteiger partial charge in [-0.2, -0.15) is 0 Å². The minimum Gasteiger partial charge on any atom is -0.350 e. The first-order valence-corrected chi connectivity index (χ1v) is 11.3. The molecule has 1 aliphatic heterocycles. The lowest BCUT2D eigenvalue weighted by atomic mass is 10.0. The average Bonchev–Trinajstić information content (AvgIpc) is 3.28. The summed E-state index contributed by atoms with van der Waals surface area (Å²) in [4.78, 5) is 32.0. The number of hydrogen-bond donors (Lipinski definition) is 1. The van der Waals surface area contributed by atoms with E-state index in [0.29, 0.717) is 23.7 Å². The van der Waals surface area contributed by atoms with Gasteiger partial charge in [-0.1, -0.05) is 24.3 Å². The zero-order valence-corrected chi connectivity index (χ0v) is 18.1. The molecule has 2 amide bonds. The fraction of sp³-hybridized carbons (Fsp3) is 0.292. The first-order valence-electron chi connectivity index (χ1n) is 10.4. The number of carbonyl (C=O) groups is 2. The number of rotatable bonds is 5. The van der Waals surface area contributed by atoms with Gasteiger partial charge in [0.2, 0.25) is 0 Å². The molecule has 5 nitrogen and oxygen atoms in total. The average molecular weight is 438 g/mol. The van der Waals surface area contributed by atoms with Gasteiger partial charge in [0.05, 0.1) is 5.69 Å². The van der Waals surface area contributed by atoms with Gasteiger partial charge in [-0.05, 0) is 56.0 Å². The van der Waals surface area contributed by atoms with E-state index in [4.69, 9.17) is 0 Å². The number of nitrogens with zero attached hydrogens (tertiary/aromatic N) is 2. The number of halogens is 1. The van der Waals surface area contributed by atoms with Crippen LogP contribution in [0.5, 0.6) is 0 Å². The highest BCUT2D eigenvalue weighted by atomic mass is 32.1. The second-order valence-corrected chi connectivity index (χ2v) is 8.58. The molecule has 1 aliphatic rings. The number of benzene rings is 2. The molecule has 2 aromatic carbocycles. The Balaban J connectivity index is 1.45. The van der Waals surface area contributed by atoms with Crippen LogP contribution in [0.2, 0.25) is 0 Å². The topological polar surface area (TPSA) is 62.3 Å². The number of hydrogen-bond acceptors (Lipinski definition) is 4. The first-order chi connectivity index (χ1) is 15.0. The van der Waals surface area contributed by atoms with Crippen LogP contribution in [0.25, 0.3) is 11.3 Å². The number of nitrogens with one attached hydrogen (secondary N) is 1. The number of aryl methyl sites for hydroxylation is 1. The molecule has 1 N–H and O–H groups in total. The van der Waals surface area contributed by atoms with Gasteiger partial charge < -0.3 is 10.2 Å². The van der Waals surface area contributed by atoms with Gasteiger partial charge >= 0.3 is 0 Å². The van der Waals surface area contributed by atoms with Gasteiger partial charge in [-0.25, -0.2) is 9.37 Å². The minimum atomic E-state index is -0.380. The number of piperidine rings is 1. The number of thiazole rings is 1. The molecule has 0 bridgehead atoms. The maximum Gasteiger partial charge on any atom is 0.283 e. The van der Waals surface area contributed by atoms with Crippen molar-refractivity contribution in [1.29, 1.82) is 0 Å². The molecule has 4 rings (SSSR count). The number of amides is 2. The molecule has 0 spiro atoms. The third-order valence-corrected chi connectivity index (χ3v) is 6.43. The number of carbonyl (C=O) groups excluding carboxylic acids is 2. The van der Waals surface area contributed by atoms with Crippen LogP contribution in [-0.2, 0) is 0 Å². The summed E-state index contributed by atoms with van der Waals surface area (Å²) in [6.07, 6.45) is 2.77. The maximum absolute atomic E-state index is 13.2. The van der Waals surface area contributed by atoms with Crippen LogP contribution in [0.15, 0.2) is 53.9 Å². The third-order valence-electron chi connectivity index (χ3n) is 5.60. The Hall–Kier alpha value is -3.06. The Morgan fingerprint density at radius 1 is 1.16 bits per heavy atom. The second kappa shape index (κ2) is 9.39. The lowest BCUT2D eigenvalue weighted by molar-refractivity contribution is 0.0602. The smallest absolute Gasteiger partial charge is 0.283 e. The number of aromatic nitrogens is 1. The zero-order chi connectivity index (χ0) is 21.8. The van der Waals surface area contributed by atoms with Crippen LogP contribution in [0.3, 0.4) is 0 Å². The van der Waals surface area contributed by atoms with Crippen molar-refractivity contribution in [3.05, 3.63) is 75.9 Å². The van der Waals surface area contributed by atoms with Crippen LogP contribution in [-0.4, -0.2) is 40.8 Å². The largest absolute Gasteiger partial charge is 0.350 e. The molecule has 0 saturated carbocycles. The molecule has 160 valence electrons. The summed E-state index contributed by atoms with van der Waals surface area (Å²) in [5.41, 5.74) is 3.35. The van der Waals surface area contributed by atoms with Gasteiger partial charge in [-0.15, -0.1) is 11.3 Å². The lowest BCUT2D eigenvalue weighted by Gasteiger charge is -2.35. The lowest BCUT2D eigenvalue weighted by Crippen LogP contribution is -2.49. The third kappa shape index (κ3) is 4.82. The monoisotopic (exact) mass is 437 g/mol. The highest BCUT2D eigenvalue weighted by Crippen LogP contribution is 2.27. The molecule has 3 aromatic rings. The molecule has 1 saturated heterocycles. The van der Waals surface area contributed by atoms with Crippen molar-refractivity contribution in [3.8, 4) is 11.3 Å². The van der Waals surface area contributed by atoms with E-state index in [1.807, 2.05) is 41.5 Å². The Morgan fingerprint density at radius 3 is 2.71 bits per heavy atom. The van der Waals surface area contributed by atoms with Crippen LogP contribution >= 0.6 is 11.3 Å². The molecule has 7 heteroatoms. The van der Waals surface area contributed by atoms with Crippen LogP contribution in [0, 0.1) is 12.7 Å². The van der Waals surface area contributed by atoms with Crippen molar-refractivity contribution in [3.63, 3.8) is 0 Å². The maximum atomic E-state index is 13.2. The van der Waals surface area contributed by atoms with E-state index in [-0.39, 0.29) is 23.7 Å². The van der Waals surface area contributed by atoms with Gasteiger partial charge in [0.25, 0.3) is 11.8 Å². The Kier molecular flexibility index (Phi) is 6.42. The van der Waals surface area contributed by atoms with Crippen LogP contribution in [0.1, 0.15) is 45.0 Å². The van der Waals surface area contributed by atoms with E-state index in [2.05, 4.69) is 10.3 Å². The van der Waals surface area contributed by atoms with E-state index in [1.165, 1.54) is 35.6 Å². The predicted molar refractivity (Wildman–Crippen MR) is 120 cm³/mol. The van der Waals surface area contributed by atoms with Crippen LogP contribution < -0.4 is 5.32 Å². The summed E-state index contributed by atoms with van der Waals surface area (Å²) in [5, 5.41) is 5.28. The minimum absolute atomic E-state index is 0.0866. The van der Waals surface area contributed by atoms with Gasteiger partial charge in [0, 0.05) is 35.6 Å². The van der Waals surface area contributed by atoms with Crippen molar-refractivity contribution in [2.24, 2.45) is 0 Å². The highest BCUT2D eigenvalue weighted by Gasteiger charge is 2.29. The van der Waals surface area contributed by atoms with Crippen LogP contribution in [0.4, 0.5) is 4.39 Å². The summed E-state index contributed by atoms with van der Waals surface area (Å²) >= 11 is 1.35. The normalized spacial score (nSPS) is 16.2. The van der Waals surface area contributed by atoms with E-state index in [1.54, 1.807) is 0 Å². The van der Waals surface area contributed by atoms with E-state index < -0.39 is 0 Å². The first kappa shape index (κ1) is 21.2. The van der Waals surface area contributed by atoms with Crippen molar-refractivity contribution in [2.75, 3.05) is 13.1 Å². The summed E-state index contributed by atoms with van der Waals surface area (Å²) in [6, 6.07) is 13.3. The Labute approximate surface area is 184 Å². The number of likely N-dealkylation sites (tertiary alicyclic amines) is 1. The molecular formula is C24H24FN3O2S. The highest BCUT2D eigenvalue weighted by molar-refractivity contribution is 7.12. The summed E-state index contributed by atoms with van der Waals surface area (Å²) in [5.74, 6) is -0.742. The van der Waals surface area contributed by atoms with Crippen molar-refractivity contribution >= 4 is 23.2 Å². The zero-order valence-electron chi connectivity index (χ0n) is 17.3. The van der Waals surface area contributed by atoms with E-state index >= 15 is 0 Å². The Bertz CT molecular complexity index is 1080. The van der Waals surface area contributed by atoms with Crippen molar-refractivity contribution in [2.45, 2.75) is 32.2 Å². The Morgan fingerprint density at radius 2 is 1.94 bits per heavy atom. The molecule has 0 radical (unpaired) electrons. The standard InChI is InChI=1S/C24H24FN3O2S/c1-16-6-2-3-8-20(16)21-15-31-23(27-21)24(30)28-13-5-4-7-19(28)14-26-22(29)17-9-11-18(25)12-10-17/h2-3,6,8-12,15,19H,4-5,7,13-14H2,1H3,(H,26,29)/t19-/m0/s1. The summed E-state index contributed by atoms with van der Waals surface area (Å²) in [6.45, 7) is 3.04. The molecule has 1 atom stereocenters. The molecule has 0 unspecified atom stereocenters. The molecule has 31 heavy (non-hydrogen) atoms. The predicted octanol–water partition coefficient (Wildman–Crippen LogP) is 4.68. The molecule has 1 fully saturated rings. The van der Waals surface area contributed by atoms with Gasteiger partial charge in [0.15, 0.2) is 5.01 Å². The fourth-order valence-corrected chi connectivity index (χ4v) is 4.64. The molecule has 0 aliphatic carbocycles. The molecule has 2 heterocycles.